The van der Waals surface area contributed by atoms with Crippen LogP contribution in [0.1, 0.15) is 31.5 Å². The number of aromatic nitrogens is 3. The largest absolute Gasteiger partial charge is 0.481 e. The normalized spacial score (nSPS) is 12.1. The Kier molecular flexibility index (Phi) is 4.62. The van der Waals surface area contributed by atoms with E-state index in [1.54, 1.807) is 4.68 Å². The molecule has 0 aliphatic rings. The molecule has 1 N–H and O–H groups in total. The van der Waals surface area contributed by atoms with Gasteiger partial charge in [-0.1, -0.05) is 0 Å². The predicted molar refractivity (Wildman–Crippen MR) is 57.3 cm³/mol. The molecule has 7 nitrogen and oxygen atoms in total. The van der Waals surface area contributed by atoms with E-state index in [0.717, 1.165) is 0 Å². The molecule has 0 aromatic carbocycles. The minimum atomic E-state index is -0.982. The Hall–Kier alpha value is -1.92. The first-order chi connectivity index (χ1) is 8.08. The van der Waals surface area contributed by atoms with E-state index in [2.05, 4.69) is 14.8 Å². The molecule has 0 spiro atoms. The fourth-order valence-electron chi connectivity index (χ4n) is 1.58. The number of carbonyl (C=O) groups is 2. The molecule has 1 atom stereocenters. The number of aliphatic carboxylic acids is 1. The van der Waals surface area contributed by atoms with Gasteiger partial charge in [0.2, 0.25) is 0 Å². The Morgan fingerprint density at radius 1 is 1.53 bits per heavy atom. The number of carboxylic acids is 1. The molecule has 0 aliphatic heterocycles. The maximum absolute atomic E-state index is 11.2. The smallest absolute Gasteiger partial charge is 0.306 e. The molecule has 1 unspecified atom stereocenters. The van der Waals surface area contributed by atoms with Crippen molar-refractivity contribution in [1.82, 2.24) is 14.8 Å². The quantitative estimate of drug-likeness (QED) is 0.725. The van der Waals surface area contributed by atoms with Crippen molar-refractivity contribution in [2.75, 3.05) is 7.11 Å². The van der Waals surface area contributed by atoms with Crippen LogP contribution in [-0.4, -0.2) is 38.9 Å². The van der Waals surface area contributed by atoms with Crippen molar-refractivity contribution in [2.24, 2.45) is 0 Å². The third-order valence-electron chi connectivity index (χ3n) is 2.37. The molecule has 0 saturated carbocycles. The van der Waals surface area contributed by atoms with E-state index in [9.17, 15) is 9.59 Å². The summed E-state index contributed by atoms with van der Waals surface area (Å²) >= 11 is 0. The second kappa shape index (κ2) is 5.97. The Morgan fingerprint density at radius 2 is 2.24 bits per heavy atom. The summed E-state index contributed by atoms with van der Waals surface area (Å²) in [6.07, 6.45) is 1.17. The zero-order valence-corrected chi connectivity index (χ0v) is 9.79. The van der Waals surface area contributed by atoms with Crippen molar-refractivity contribution in [1.29, 1.82) is 0 Å². The zero-order chi connectivity index (χ0) is 12.8. The lowest BCUT2D eigenvalue weighted by Gasteiger charge is -2.13. The monoisotopic (exact) mass is 241 g/mol. The lowest BCUT2D eigenvalue weighted by Crippen LogP contribution is -2.17. The maximum atomic E-state index is 11.2. The van der Waals surface area contributed by atoms with Crippen LogP contribution in [0, 0.1) is 0 Å². The van der Waals surface area contributed by atoms with Gasteiger partial charge in [-0.25, -0.2) is 4.98 Å². The highest BCUT2D eigenvalue weighted by atomic mass is 16.5. The topological polar surface area (TPSA) is 94.3 Å². The van der Waals surface area contributed by atoms with Crippen LogP contribution in [0.5, 0.6) is 0 Å². The number of rotatable bonds is 6. The molecule has 0 amide bonds. The van der Waals surface area contributed by atoms with Gasteiger partial charge in [-0.15, -0.1) is 0 Å². The van der Waals surface area contributed by atoms with Crippen molar-refractivity contribution in [3.8, 4) is 0 Å². The van der Waals surface area contributed by atoms with Gasteiger partial charge in [0.25, 0.3) is 0 Å². The number of carboxylic acid groups (broad SMARTS) is 1. The van der Waals surface area contributed by atoms with Crippen LogP contribution in [0.15, 0.2) is 6.33 Å². The van der Waals surface area contributed by atoms with E-state index in [0.29, 0.717) is 12.4 Å². The molecule has 94 valence electrons. The van der Waals surface area contributed by atoms with Gasteiger partial charge in [0, 0.05) is 12.5 Å². The Bertz CT molecular complexity index is 402. The Labute approximate surface area is 98.4 Å². The van der Waals surface area contributed by atoms with E-state index in [1.807, 2.05) is 6.92 Å². The lowest BCUT2D eigenvalue weighted by atomic mass is 10.0. The van der Waals surface area contributed by atoms with Crippen LogP contribution < -0.4 is 0 Å². The summed E-state index contributed by atoms with van der Waals surface area (Å²) in [6, 6.07) is 0. The van der Waals surface area contributed by atoms with E-state index in [4.69, 9.17) is 5.11 Å². The van der Waals surface area contributed by atoms with Crippen LogP contribution in [0.3, 0.4) is 0 Å². The Morgan fingerprint density at radius 3 is 2.76 bits per heavy atom. The predicted octanol–water partition coefficient (Wildman–Crippen LogP) is 0.419. The molecule has 0 aliphatic carbocycles. The number of nitrogens with zero attached hydrogens (tertiary/aromatic N) is 3. The number of carbonyl (C=O) groups excluding carboxylic acids is 1. The number of hydrogen-bond acceptors (Lipinski definition) is 5. The molecule has 0 bridgehead atoms. The summed E-state index contributed by atoms with van der Waals surface area (Å²) in [7, 11) is 1.27. The van der Waals surface area contributed by atoms with Gasteiger partial charge in [0.05, 0.1) is 20.0 Å². The summed E-state index contributed by atoms with van der Waals surface area (Å²) in [5.74, 6) is -1.45. The van der Waals surface area contributed by atoms with Crippen molar-refractivity contribution in [2.45, 2.75) is 32.2 Å². The van der Waals surface area contributed by atoms with Crippen molar-refractivity contribution >= 4 is 11.9 Å². The Balaban J connectivity index is 2.89. The molecule has 17 heavy (non-hydrogen) atoms. The van der Waals surface area contributed by atoms with Crippen molar-refractivity contribution in [3.63, 3.8) is 0 Å². The lowest BCUT2D eigenvalue weighted by molar-refractivity contribution is -0.142. The van der Waals surface area contributed by atoms with Gasteiger partial charge in [0.1, 0.15) is 12.2 Å². The molecule has 7 heteroatoms. The standard InChI is InChI=1S/C10H15N3O4/c1-3-13-10(11-6-12-13)7(4-8(14)15)5-9(16)17-2/h6-7H,3-5H2,1-2H3,(H,14,15). The number of methoxy groups -OCH3 is 1. The molecule has 1 aromatic rings. The highest BCUT2D eigenvalue weighted by molar-refractivity contribution is 5.73. The third-order valence-corrected chi connectivity index (χ3v) is 2.37. The number of hydrogen-bond donors (Lipinski definition) is 1. The van der Waals surface area contributed by atoms with Crippen LogP contribution in [0.2, 0.25) is 0 Å². The van der Waals surface area contributed by atoms with Crippen LogP contribution >= 0.6 is 0 Å². The first-order valence-corrected chi connectivity index (χ1v) is 5.24. The first kappa shape index (κ1) is 13.1. The fraction of sp³-hybridized carbons (Fsp3) is 0.600. The average Bonchev–Trinajstić information content (AvgIpc) is 2.75. The van der Waals surface area contributed by atoms with Crippen LogP contribution in [0.25, 0.3) is 0 Å². The SMILES string of the molecule is CCn1ncnc1C(CC(=O)O)CC(=O)OC. The van der Waals surface area contributed by atoms with Crippen LogP contribution in [-0.2, 0) is 20.9 Å². The summed E-state index contributed by atoms with van der Waals surface area (Å²) in [5, 5.41) is 12.8. The van der Waals surface area contributed by atoms with Gasteiger partial charge in [0.15, 0.2) is 0 Å². The first-order valence-electron chi connectivity index (χ1n) is 5.24. The minimum absolute atomic E-state index is 0.0124. The van der Waals surface area contributed by atoms with E-state index in [1.165, 1.54) is 13.4 Å². The molecule has 0 radical (unpaired) electrons. The molecule has 1 heterocycles. The second-order valence-corrected chi connectivity index (χ2v) is 3.51. The van der Waals surface area contributed by atoms with E-state index < -0.39 is 17.9 Å². The highest BCUT2D eigenvalue weighted by Crippen LogP contribution is 2.21. The molecule has 0 saturated heterocycles. The van der Waals surface area contributed by atoms with Gasteiger partial charge in [-0.3, -0.25) is 14.3 Å². The van der Waals surface area contributed by atoms with Crippen molar-refractivity contribution < 1.29 is 19.4 Å². The van der Waals surface area contributed by atoms with E-state index in [-0.39, 0.29) is 12.8 Å². The summed E-state index contributed by atoms with van der Waals surface area (Å²) in [6.45, 7) is 2.45. The average molecular weight is 241 g/mol. The molecule has 1 aromatic heterocycles. The number of esters is 1. The van der Waals surface area contributed by atoms with E-state index >= 15 is 0 Å². The summed E-state index contributed by atoms with van der Waals surface area (Å²) in [5.41, 5.74) is 0. The van der Waals surface area contributed by atoms with Gasteiger partial charge < -0.3 is 9.84 Å². The summed E-state index contributed by atoms with van der Waals surface area (Å²) in [4.78, 5) is 26.0. The van der Waals surface area contributed by atoms with Gasteiger partial charge in [-0.05, 0) is 6.92 Å². The number of aryl methyl sites for hydroxylation is 1. The highest BCUT2D eigenvalue weighted by Gasteiger charge is 2.24. The molecule has 0 fully saturated rings. The number of ether oxygens (including phenoxy) is 1. The maximum Gasteiger partial charge on any atom is 0.306 e. The molecular formula is C10H15N3O4. The molecular weight excluding hydrogens is 226 g/mol. The summed E-state index contributed by atoms with van der Waals surface area (Å²) < 4.78 is 6.12. The molecule has 1 rings (SSSR count). The third kappa shape index (κ3) is 3.54. The minimum Gasteiger partial charge on any atom is -0.481 e. The van der Waals surface area contributed by atoms with Crippen LogP contribution in [0.4, 0.5) is 0 Å². The van der Waals surface area contributed by atoms with Crippen molar-refractivity contribution in [3.05, 3.63) is 12.2 Å². The van der Waals surface area contributed by atoms with Gasteiger partial charge in [-0.2, -0.15) is 5.10 Å². The zero-order valence-electron chi connectivity index (χ0n) is 9.79. The fourth-order valence-corrected chi connectivity index (χ4v) is 1.58. The second-order valence-electron chi connectivity index (χ2n) is 3.51. The van der Waals surface area contributed by atoms with Gasteiger partial charge >= 0.3 is 11.9 Å².